The predicted molar refractivity (Wildman–Crippen MR) is 80.3 cm³/mol. The third kappa shape index (κ3) is 2.29. The topological polar surface area (TPSA) is 74.3 Å². The van der Waals surface area contributed by atoms with Crippen molar-refractivity contribution in [2.24, 2.45) is 5.73 Å². The molecule has 3 rings (SSSR count). The van der Waals surface area contributed by atoms with Crippen LogP contribution in [0.4, 0.5) is 0 Å². The van der Waals surface area contributed by atoms with Gasteiger partial charge in [-0.3, -0.25) is 4.57 Å². The van der Waals surface area contributed by atoms with Crippen LogP contribution >= 0.6 is 0 Å². The van der Waals surface area contributed by atoms with E-state index in [1.807, 2.05) is 44.2 Å². The van der Waals surface area contributed by atoms with Gasteiger partial charge in [0, 0.05) is 13.0 Å². The van der Waals surface area contributed by atoms with Crippen LogP contribution in [-0.4, -0.2) is 4.57 Å². The maximum absolute atomic E-state index is 11.7. The fourth-order valence-electron chi connectivity index (χ4n) is 2.49. The summed E-state index contributed by atoms with van der Waals surface area (Å²) in [5, 5.41) is 0. The third-order valence-electron chi connectivity index (χ3n) is 3.71. The van der Waals surface area contributed by atoms with Crippen LogP contribution < -0.4 is 11.5 Å². The highest BCUT2D eigenvalue weighted by Gasteiger charge is 2.16. The highest BCUT2D eigenvalue weighted by molar-refractivity contribution is 5.74. The van der Waals surface area contributed by atoms with Crippen molar-refractivity contribution in [3.05, 3.63) is 58.0 Å². The van der Waals surface area contributed by atoms with Gasteiger partial charge in [0.1, 0.15) is 11.5 Å². The van der Waals surface area contributed by atoms with E-state index in [-0.39, 0.29) is 11.8 Å². The summed E-state index contributed by atoms with van der Waals surface area (Å²) in [6, 6.07) is 9.03. The van der Waals surface area contributed by atoms with Crippen molar-refractivity contribution >= 4 is 11.1 Å². The zero-order valence-electron chi connectivity index (χ0n) is 12.1. The zero-order chi connectivity index (χ0) is 15.0. The molecule has 0 fully saturated rings. The van der Waals surface area contributed by atoms with E-state index in [1.54, 1.807) is 4.57 Å². The predicted octanol–water partition coefficient (Wildman–Crippen LogP) is 2.82. The van der Waals surface area contributed by atoms with Gasteiger partial charge in [0.05, 0.1) is 11.6 Å². The average molecular weight is 286 g/mol. The molecule has 21 heavy (non-hydrogen) atoms. The lowest BCUT2D eigenvalue weighted by molar-refractivity contribution is 0.454. The summed E-state index contributed by atoms with van der Waals surface area (Å²) in [5.41, 5.74) is 8.43. The minimum Gasteiger partial charge on any atom is -0.464 e. The normalized spacial score (nSPS) is 12.9. The van der Waals surface area contributed by atoms with Crippen molar-refractivity contribution in [1.82, 2.24) is 4.57 Å². The first-order chi connectivity index (χ1) is 10.1. The number of hydrogen-bond acceptors (Lipinski definition) is 4. The number of fused-ring (bicyclic) bond motifs is 1. The van der Waals surface area contributed by atoms with Gasteiger partial charge in [-0.15, -0.1) is 0 Å². The van der Waals surface area contributed by atoms with Gasteiger partial charge in [-0.2, -0.15) is 0 Å². The Labute approximate surface area is 122 Å². The van der Waals surface area contributed by atoms with Crippen LogP contribution in [-0.2, 0) is 13.0 Å². The van der Waals surface area contributed by atoms with E-state index >= 15 is 0 Å². The standard InChI is InChI=1S/C16H18N2O3/c1-3-11-6-8-13(20-11)15(17)10-5-7-12-14(9-10)21-16(19)18(12)4-2/h5-9,15H,3-4,17H2,1-2H3. The molecule has 0 aliphatic carbocycles. The lowest BCUT2D eigenvalue weighted by atomic mass is 10.1. The summed E-state index contributed by atoms with van der Waals surface area (Å²) in [4.78, 5) is 11.7. The Hall–Kier alpha value is -2.27. The van der Waals surface area contributed by atoms with Gasteiger partial charge in [0.2, 0.25) is 0 Å². The molecule has 2 N–H and O–H groups in total. The number of nitrogens with two attached hydrogens (primary N) is 1. The Bertz CT molecular complexity index is 826. The Kier molecular flexibility index (Phi) is 3.43. The van der Waals surface area contributed by atoms with Gasteiger partial charge in [-0.05, 0) is 36.8 Å². The summed E-state index contributed by atoms with van der Waals surface area (Å²) < 4.78 is 12.5. The second-order valence-corrected chi connectivity index (χ2v) is 4.97. The number of nitrogens with zero attached hydrogens (tertiary/aromatic N) is 1. The largest absolute Gasteiger partial charge is 0.464 e. The minimum atomic E-state index is -0.370. The Balaban J connectivity index is 2.02. The highest BCUT2D eigenvalue weighted by atomic mass is 16.4. The van der Waals surface area contributed by atoms with E-state index in [9.17, 15) is 4.79 Å². The first-order valence-corrected chi connectivity index (χ1v) is 7.11. The number of oxazole rings is 1. The molecule has 1 unspecified atom stereocenters. The van der Waals surface area contributed by atoms with Crippen LogP contribution in [0, 0.1) is 0 Å². The monoisotopic (exact) mass is 286 g/mol. The van der Waals surface area contributed by atoms with Gasteiger partial charge < -0.3 is 14.6 Å². The van der Waals surface area contributed by atoms with Crippen molar-refractivity contribution in [2.75, 3.05) is 0 Å². The van der Waals surface area contributed by atoms with Crippen LogP contribution in [0.25, 0.3) is 11.1 Å². The van der Waals surface area contributed by atoms with Gasteiger partial charge in [0.15, 0.2) is 5.58 Å². The van der Waals surface area contributed by atoms with Crippen molar-refractivity contribution < 1.29 is 8.83 Å². The summed E-state index contributed by atoms with van der Waals surface area (Å²) >= 11 is 0. The average Bonchev–Trinajstić information content (AvgIpc) is 3.08. The molecule has 110 valence electrons. The summed E-state index contributed by atoms with van der Waals surface area (Å²) in [5.74, 6) is 1.28. The number of rotatable bonds is 4. The van der Waals surface area contributed by atoms with Gasteiger partial charge in [0.25, 0.3) is 0 Å². The maximum Gasteiger partial charge on any atom is 0.419 e. The molecule has 0 aliphatic heterocycles. The SMILES string of the molecule is CCc1ccc(C(N)c2ccc3c(c2)oc(=O)n3CC)o1. The molecule has 0 aliphatic rings. The van der Waals surface area contributed by atoms with Crippen LogP contribution in [0.2, 0.25) is 0 Å². The van der Waals surface area contributed by atoms with Crippen LogP contribution in [0.5, 0.6) is 0 Å². The van der Waals surface area contributed by atoms with E-state index in [1.165, 1.54) is 0 Å². The van der Waals surface area contributed by atoms with Crippen molar-refractivity contribution in [3.63, 3.8) is 0 Å². The van der Waals surface area contributed by atoms with E-state index in [0.717, 1.165) is 23.3 Å². The Morgan fingerprint density at radius 2 is 2.00 bits per heavy atom. The first kappa shape index (κ1) is 13.7. The molecule has 5 heteroatoms. The number of hydrogen-bond donors (Lipinski definition) is 1. The minimum absolute atomic E-state index is 0.343. The molecule has 0 radical (unpaired) electrons. The molecule has 3 aromatic rings. The second kappa shape index (κ2) is 5.26. The molecule has 0 saturated carbocycles. The van der Waals surface area contributed by atoms with Crippen LogP contribution in [0.1, 0.15) is 37.0 Å². The molecule has 2 aromatic heterocycles. The first-order valence-electron chi connectivity index (χ1n) is 7.11. The Morgan fingerprint density at radius 3 is 2.67 bits per heavy atom. The lowest BCUT2D eigenvalue weighted by Gasteiger charge is -2.09. The molecule has 5 nitrogen and oxygen atoms in total. The molecule has 0 bridgehead atoms. The quantitative estimate of drug-likeness (QED) is 0.800. The molecule has 1 aromatic carbocycles. The zero-order valence-corrected chi connectivity index (χ0v) is 12.1. The summed E-state index contributed by atoms with van der Waals surface area (Å²) in [6.07, 6.45) is 0.833. The fraction of sp³-hybridized carbons (Fsp3) is 0.312. The van der Waals surface area contributed by atoms with Gasteiger partial charge in [-0.25, -0.2) is 4.79 Å². The van der Waals surface area contributed by atoms with Gasteiger partial charge in [-0.1, -0.05) is 13.0 Å². The van der Waals surface area contributed by atoms with Crippen molar-refractivity contribution in [2.45, 2.75) is 32.9 Å². The molecule has 0 amide bonds. The molecule has 0 spiro atoms. The lowest BCUT2D eigenvalue weighted by Crippen LogP contribution is -2.12. The van der Waals surface area contributed by atoms with Crippen molar-refractivity contribution in [3.8, 4) is 0 Å². The fourth-order valence-corrected chi connectivity index (χ4v) is 2.49. The van der Waals surface area contributed by atoms with Gasteiger partial charge >= 0.3 is 5.76 Å². The van der Waals surface area contributed by atoms with E-state index in [0.29, 0.717) is 17.9 Å². The third-order valence-corrected chi connectivity index (χ3v) is 3.71. The summed E-state index contributed by atoms with van der Waals surface area (Å²) in [6.45, 7) is 4.52. The van der Waals surface area contributed by atoms with E-state index in [4.69, 9.17) is 14.6 Å². The smallest absolute Gasteiger partial charge is 0.419 e. The van der Waals surface area contributed by atoms with E-state index in [2.05, 4.69) is 0 Å². The number of furan rings is 1. The molecular formula is C16H18N2O3. The molecular weight excluding hydrogens is 268 g/mol. The maximum atomic E-state index is 11.7. The highest BCUT2D eigenvalue weighted by Crippen LogP contribution is 2.25. The number of aryl methyl sites for hydroxylation is 2. The molecule has 0 saturated heterocycles. The van der Waals surface area contributed by atoms with Crippen molar-refractivity contribution in [1.29, 1.82) is 0 Å². The van der Waals surface area contributed by atoms with Crippen LogP contribution in [0.15, 0.2) is 44.0 Å². The number of benzene rings is 1. The Morgan fingerprint density at radius 1 is 1.19 bits per heavy atom. The molecule has 2 heterocycles. The van der Waals surface area contributed by atoms with E-state index < -0.39 is 0 Å². The summed E-state index contributed by atoms with van der Waals surface area (Å²) in [7, 11) is 0. The number of aromatic nitrogens is 1. The van der Waals surface area contributed by atoms with Crippen LogP contribution in [0.3, 0.4) is 0 Å². The second-order valence-electron chi connectivity index (χ2n) is 4.97. The molecule has 1 atom stereocenters.